The maximum Gasteiger partial charge on any atom is 0.0572 e. The molecule has 0 aliphatic rings. The Kier molecular flexibility index (Phi) is 10.5. The monoisotopic (exact) mass is 198 g/mol. The second-order valence-electron chi connectivity index (χ2n) is 3.69. The Morgan fingerprint density at radius 3 is 2.50 bits per heavy atom. The molecular formula is C13H26O. The molecule has 0 rings (SSSR count). The third kappa shape index (κ3) is 8.31. The van der Waals surface area contributed by atoms with Gasteiger partial charge in [0.05, 0.1) is 6.10 Å². The van der Waals surface area contributed by atoms with E-state index in [9.17, 15) is 0 Å². The van der Waals surface area contributed by atoms with Gasteiger partial charge in [0.1, 0.15) is 0 Å². The van der Waals surface area contributed by atoms with Crippen LogP contribution in [0.5, 0.6) is 0 Å². The number of hydrogen-bond donors (Lipinski definition) is 0. The minimum Gasteiger partial charge on any atom is -0.379 e. The lowest BCUT2D eigenvalue weighted by atomic mass is 10.1. The van der Waals surface area contributed by atoms with Crippen molar-refractivity contribution in [2.45, 2.75) is 65.4 Å². The minimum absolute atomic E-state index is 0.502. The zero-order valence-electron chi connectivity index (χ0n) is 10.1. The molecular weight excluding hydrogens is 172 g/mol. The van der Waals surface area contributed by atoms with Crippen LogP contribution in [0.1, 0.15) is 59.3 Å². The highest BCUT2D eigenvalue weighted by Crippen LogP contribution is 2.11. The maximum atomic E-state index is 5.60. The average molecular weight is 198 g/mol. The lowest BCUT2D eigenvalue weighted by Crippen LogP contribution is -2.11. The highest BCUT2D eigenvalue weighted by molar-refractivity contribution is 4.76. The van der Waals surface area contributed by atoms with Crippen LogP contribution in [0.3, 0.4) is 0 Å². The van der Waals surface area contributed by atoms with Crippen LogP contribution in [-0.2, 0) is 4.74 Å². The molecule has 1 atom stereocenters. The quantitative estimate of drug-likeness (QED) is 0.396. The van der Waals surface area contributed by atoms with Crippen molar-refractivity contribution in [2.75, 3.05) is 6.61 Å². The van der Waals surface area contributed by atoms with E-state index >= 15 is 0 Å². The third-order valence-corrected chi connectivity index (χ3v) is 2.49. The van der Waals surface area contributed by atoms with Gasteiger partial charge in [0.25, 0.3) is 0 Å². The van der Waals surface area contributed by atoms with E-state index in [1.54, 1.807) is 0 Å². The average Bonchev–Trinajstić information content (AvgIpc) is 2.21. The summed E-state index contributed by atoms with van der Waals surface area (Å²) in [4.78, 5) is 0. The van der Waals surface area contributed by atoms with Gasteiger partial charge in [0.15, 0.2) is 0 Å². The molecule has 0 saturated carbocycles. The van der Waals surface area contributed by atoms with Crippen molar-refractivity contribution in [2.24, 2.45) is 0 Å². The third-order valence-electron chi connectivity index (χ3n) is 2.49. The molecule has 14 heavy (non-hydrogen) atoms. The molecule has 0 aliphatic carbocycles. The Labute approximate surface area is 89.5 Å². The Balaban J connectivity index is 3.23. The molecule has 0 fully saturated rings. The molecule has 0 aromatic rings. The van der Waals surface area contributed by atoms with E-state index in [0.717, 1.165) is 13.0 Å². The van der Waals surface area contributed by atoms with Crippen LogP contribution < -0.4 is 0 Å². The second kappa shape index (κ2) is 10.8. The largest absolute Gasteiger partial charge is 0.379 e. The SMILES string of the molecule is C/C=C/CCCCCC(CC)OCC. The minimum atomic E-state index is 0.502. The van der Waals surface area contributed by atoms with E-state index < -0.39 is 0 Å². The zero-order valence-corrected chi connectivity index (χ0v) is 10.1. The molecule has 0 N–H and O–H groups in total. The van der Waals surface area contributed by atoms with Crippen molar-refractivity contribution >= 4 is 0 Å². The maximum absolute atomic E-state index is 5.60. The van der Waals surface area contributed by atoms with Crippen molar-refractivity contribution in [3.63, 3.8) is 0 Å². The number of unbranched alkanes of at least 4 members (excludes halogenated alkanes) is 3. The van der Waals surface area contributed by atoms with Gasteiger partial charge in [-0.2, -0.15) is 0 Å². The van der Waals surface area contributed by atoms with E-state index in [0.29, 0.717) is 6.10 Å². The fourth-order valence-corrected chi connectivity index (χ4v) is 1.62. The summed E-state index contributed by atoms with van der Waals surface area (Å²) in [6, 6.07) is 0. The molecule has 0 aromatic carbocycles. The number of rotatable bonds is 9. The Hall–Kier alpha value is -0.300. The van der Waals surface area contributed by atoms with Gasteiger partial charge in [0, 0.05) is 6.61 Å². The number of hydrogen-bond acceptors (Lipinski definition) is 1. The molecule has 84 valence electrons. The first-order valence-corrected chi connectivity index (χ1v) is 6.07. The molecule has 0 aromatic heterocycles. The Bertz CT molecular complexity index is 129. The lowest BCUT2D eigenvalue weighted by Gasteiger charge is -2.14. The van der Waals surface area contributed by atoms with Crippen molar-refractivity contribution in [1.29, 1.82) is 0 Å². The van der Waals surface area contributed by atoms with Crippen molar-refractivity contribution in [1.82, 2.24) is 0 Å². The summed E-state index contributed by atoms with van der Waals surface area (Å²) >= 11 is 0. The standard InChI is InChI=1S/C13H26O/c1-4-7-8-9-10-11-12-13(5-2)14-6-3/h4,7,13H,5-6,8-12H2,1-3H3/b7-4+. The van der Waals surface area contributed by atoms with Crippen LogP contribution in [-0.4, -0.2) is 12.7 Å². The summed E-state index contributed by atoms with van der Waals surface area (Å²) < 4.78 is 5.60. The van der Waals surface area contributed by atoms with Gasteiger partial charge < -0.3 is 4.74 Å². The van der Waals surface area contributed by atoms with Crippen molar-refractivity contribution in [3.05, 3.63) is 12.2 Å². The van der Waals surface area contributed by atoms with E-state index in [-0.39, 0.29) is 0 Å². The Morgan fingerprint density at radius 1 is 1.14 bits per heavy atom. The summed E-state index contributed by atoms with van der Waals surface area (Å²) in [5.74, 6) is 0. The second-order valence-corrected chi connectivity index (χ2v) is 3.69. The molecule has 1 unspecified atom stereocenters. The van der Waals surface area contributed by atoms with E-state index in [4.69, 9.17) is 4.74 Å². The fraction of sp³-hybridized carbons (Fsp3) is 0.846. The van der Waals surface area contributed by atoms with Gasteiger partial charge in [-0.3, -0.25) is 0 Å². The molecule has 0 heterocycles. The smallest absolute Gasteiger partial charge is 0.0572 e. The van der Waals surface area contributed by atoms with Gasteiger partial charge >= 0.3 is 0 Å². The summed E-state index contributed by atoms with van der Waals surface area (Å²) in [6.07, 6.45) is 12.5. The van der Waals surface area contributed by atoms with Gasteiger partial charge in [-0.1, -0.05) is 31.9 Å². The Morgan fingerprint density at radius 2 is 1.93 bits per heavy atom. The number of ether oxygens (including phenoxy) is 1. The molecule has 0 saturated heterocycles. The van der Waals surface area contributed by atoms with E-state index in [2.05, 4.69) is 32.9 Å². The molecule has 0 aliphatic heterocycles. The van der Waals surface area contributed by atoms with Gasteiger partial charge in [-0.05, 0) is 39.5 Å². The van der Waals surface area contributed by atoms with Crippen LogP contribution in [0.4, 0.5) is 0 Å². The summed E-state index contributed by atoms with van der Waals surface area (Å²) in [5.41, 5.74) is 0. The van der Waals surface area contributed by atoms with Gasteiger partial charge in [-0.25, -0.2) is 0 Å². The van der Waals surface area contributed by atoms with Crippen LogP contribution in [0.25, 0.3) is 0 Å². The summed E-state index contributed by atoms with van der Waals surface area (Å²) in [7, 11) is 0. The van der Waals surface area contributed by atoms with Gasteiger partial charge in [-0.15, -0.1) is 0 Å². The predicted molar refractivity (Wildman–Crippen MR) is 63.6 cm³/mol. The fourth-order valence-electron chi connectivity index (χ4n) is 1.62. The van der Waals surface area contributed by atoms with Crippen LogP contribution in [0.2, 0.25) is 0 Å². The van der Waals surface area contributed by atoms with Crippen LogP contribution >= 0.6 is 0 Å². The van der Waals surface area contributed by atoms with Crippen LogP contribution in [0, 0.1) is 0 Å². The normalized spacial score (nSPS) is 13.6. The lowest BCUT2D eigenvalue weighted by molar-refractivity contribution is 0.0524. The predicted octanol–water partition coefficient (Wildman–Crippen LogP) is 4.33. The highest BCUT2D eigenvalue weighted by atomic mass is 16.5. The summed E-state index contributed by atoms with van der Waals surface area (Å²) in [5, 5.41) is 0. The topological polar surface area (TPSA) is 9.23 Å². The van der Waals surface area contributed by atoms with Crippen molar-refractivity contribution in [3.8, 4) is 0 Å². The molecule has 1 heteroatoms. The number of allylic oxidation sites excluding steroid dienone is 2. The molecule has 0 spiro atoms. The molecule has 1 nitrogen and oxygen atoms in total. The first-order chi connectivity index (χ1) is 6.85. The van der Waals surface area contributed by atoms with E-state index in [1.807, 2.05) is 0 Å². The van der Waals surface area contributed by atoms with Crippen LogP contribution in [0.15, 0.2) is 12.2 Å². The molecule has 0 bridgehead atoms. The highest BCUT2D eigenvalue weighted by Gasteiger charge is 2.03. The van der Waals surface area contributed by atoms with E-state index in [1.165, 1.54) is 32.1 Å². The first kappa shape index (κ1) is 13.7. The zero-order chi connectivity index (χ0) is 10.6. The molecule has 0 radical (unpaired) electrons. The summed E-state index contributed by atoms with van der Waals surface area (Å²) in [6.45, 7) is 7.23. The first-order valence-electron chi connectivity index (χ1n) is 6.07. The molecule has 0 amide bonds. The van der Waals surface area contributed by atoms with Gasteiger partial charge in [0.2, 0.25) is 0 Å². The van der Waals surface area contributed by atoms with Crippen molar-refractivity contribution < 1.29 is 4.74 Å².